The van der Waals surface area contributed by atoms with Crippen molar-refractivity contribution in [2.45, 2.75) is 13.0 Å². The maximum atomic E-state index is 12.0. The Kier molecular flexibility index (Phi) is 6.76. The van der Waals surface area contributed by atoms with E-state index in [1.165, 1.54) is 6.92 Å². The molecule has 1 aliphatic heterocycles. The van der Waals surface area contributed by atoms with Crippen LogP contribution in [0.3, 0.4) is 0 Å². The van der Waals surface area contributed by atoms with Crippen LogP contribution in [0.25, 0.3) is 0 Å². The van der Waals surface area contributed by atoms with Crippen LogP contribution in [0.5, 0.6) is 0 Å². The molecule has 1 rings (SSSR count). The van der Waals surface area contributed by atoms with Crippen molar-refractivity contribution in [3.05, 3.63) is 0 Å². The Balaban J connectivity index is 2.46. The number of amides is 2. The van der Waals surface area contributed by atoms with Crippen LogP contribution in [0.1, 0.15) is 6.92 Å². The molecule has 120 valence electrons. The van der Waals surface area contributed by atoms with E-state index in [4.69, 9.17) is 5.11 Å². The fourth-order valence-electron chi connectivity index (χ4n) is 1.95. The average Bonchev–Trinajstić information content (AvgIpc) is 2.37. The maximum Gasteiger partial charge on any atom is 0.327 e. The molecule has 2 amide bonds. The van der Waals surface area contributed by atoms with Crippen LogP contribution in [0.4, 0.5) is 0 Å². The third kappa shape index (κ3) is 6.21. The predicted molar refractivity (Wildman–Crippen MR) is 77.2 cm³/mol. The number of hydrogen-bond acceptors (Lipinski definition) is 5. The van der Waals surface area contributed by atoms with Gasteiger partial charge in [-0.1, -0.05) is 0 Å². The number of nitrogens with zero attached hydrogens (tertiary/aromatic N) is 2. The van der Waals surface area contributed by atoms with Gasteiger partial charge in [-0.05, 0) is 7.05 Å². The van der Waals surface area contributed by atoms with Crippen LogP contribution >= 0.6 is 0 Å². The van der Waals surface area contributed by atoms with Gasteiger partial charge in [0, 0.05) is 43.9 Å². The van der Waals surface area contributed by atoms with Crippen LogP contribution in [0.2, 0.25) is 0 Å². The first-order valence-electron chi connectivity index (χ1n) is 6.60. The lowest BCUT2D eigenvalue weighted by atomic mass is 10.3. The van der Waals surface area contributed by atoms with E-state index in [0.29, 0.717) is 13.1 Å². The lowest BCUT2D eigenvalue weighted by Crippen LogP contribution is -2.49. The molecule has 0 saturated carbocycles. The van der Waals surface area contributed by atoms with Crippen molar-refractivity contribution in [3.8, 4) is 0 Å². The number of carboxylic acids is 1. The minimum absolute atomic E-state index is 0.215. The monoisotopic (exact) mass is 319 g/mol. The Morgan fingerprint density at radius 3 is 2.29 bits per heavy atom. The zero-order chi connectivity index (χ0) is 16.0. The first-order valence-corrected chi connectivity index (χ1v) is 8.09. The highest BCUT2D eigenvalue weighted by atomic mass is 32.2. The Bertz CT molecular complexity index is 435. The van der Waals surface area contributed by atoms with Crippen molar-refractivity contribution >= 4 is 28.6 Å². The summed E-state index contributed by atoms with van der Waals surface area (Å²) in [5.74, 6) is -2.50. The summed E-state index contributed by atoms with van der Waals surface area (Å²) < 4.78 is 11.9. The first kappa shape index (κ1) is 17.6. The molecule has 0 radical (unpaired) electrons. The van der Waals surface area contributed by atoms with E-state index in [1.807, 2.05) is 7.05 Å². The highest BCUT2D eigenvalue weighted by molar-refractivity contribution is 7.85. The summed E-state index contributed by atoms with van der Waals surface area (Å²) in [6, 6.07) is -1.23. The van der Waals surface area contributed by atoms with Crippen molar-refractivity contribution in [2.75, 3.05) is 44.7 Å². The van der Waals surface area contributed by atoms with Gasteiger partial charge in [-0.15, -0.1) is 0 Å². The van der Waals surface area contributed by atoms with Gasteiger partial charge in [-0.25, -0.2) is 4.79 Å². The minimum atomic E-state index is -1.63. The maximum absolute atomic E-state index is 12.0. The summed E-state index contributed by atoms with van der Waals surface area (Å²) in [5.41, 5.74) is 0. The van der Waals surface area contributed by atoms with Crippen LogP contribution < -0.4 is 5.32 Å². The van der Waals surface area contributed by atoms with E-state index in [9.17, 15) is 18.6 Å². The van der Waals surface area contributed by atoms with Crippen molar-refractivity contribution in [2.24, 2.45) is 0 Å². The van der Waals surface area contributed by atoms with E-state index in [0.717, 1.165) is 13.1 Å². The summed E-state index contributed by atoms with van der Waals surface area (Å²) in [6.45, 7) is 3.89. The number of piperazine rings is 1. The molecule has 0 aliphatic carbocycles. The van der Waals surface area contributed by atoms with Crippen LogP contribution in [-0.4, -0.2) is 87.7 Å². The topological polar surface area (TPSA) is 107 Å². The number of carbonyl (C=O) groups excluding carboxylic acids is 2. The Morgan fingerprint density at radius 2 is 1.81 bits per heavy atom. The molecule has 0 aromatic heterocycles. The number of carboxylic acid groups (broad SMARTS) is 1. The lowest BCUT2D eigenvalue weighted by molar-refractivity contribution is -0.140. The highest BCUT2D eigenvalue weighted by Gasteiger charge is 2.25. The zero-order valence-electron chi connectivity index (χ0n) is 12.2. The van der Waals surface area contributed by atoms with E-state index < -0.39 is 28.7 Å². The summed E-state index contributed by atoms with van der Waals surface area (Å²) in [5, 5.41) is 11.1. The second kappa shape index (κ2) is 8.08. The van der Waals surface area contributed by atoms with Crippen molar-refractivity contribution in [1.29, 1.82) is 0 Å². The molecule has 1 fully saturated rings. The fourth-order valence-corrected chi connectivity index (χ4v) is 3.12. The fraction of sp³-hybridized carbons (Fsp3) is 0.750. The van der Waals surface area contributed by atoms with Crippen LogP contribution in [0, 0.1) is 0 Å². The molecule has 2 N–H and O–H groups in total. The quantitative estimate of drug-likeness (QED) is 0.592. The average molecular weight is 319 g/mol. The van der Waals surface area contributed by atoms with Crippen LogP contribution in [0.15, 0.2) is 0 Å². The summed E-state index contributed by atoms with van der Waals surface area (Å²) in [4.78, 5) is 37.5. The van der Waals surface area contributed by atoms with Gasteiger partial charge in [0.05, 0.1) is 5.75 Å². The van der Waals surface area contributed by atoms with Gasteiger partial charge in [-0.2, -0.15) is 0 Å². The first-order chi connectivity index (χ1) is 9.79. The molecular weight excluding hydrogens is 298 g/mol. The SMILES string of the molecule is CC(=O)NC(CS(=O)CC(=O)N1CCN(C)CC1)C(=O)O. The Morgan fingerprint density at radius 1 is 1.24 bits per heavy atom. The number of likely N-dealkylation sites (N-methyl/N-ethyl adjacent to an activating group) is 1. The molecule has 0 aromatic rings. The van der Waals surface area contributed by atoms with Gasteiger partial charge in [-0.3, -0.25) is 13.8 Å². The molecule has 0 bridgehead atoms. The minimum Gasteiger partial charge on any atom is -0.480 e. The third-order valence-electron chi connectivity index (χ3n) is 3.17. The summed E-state index contributed by atoms with van der Waals surface area (Å²) >= 11 is 0. The zero-order valence-corrected chi connectivity index (χ0v) is 13.0. The van der Waals surface area contributed by atoms with Gasteiger partial charge in [0.2, 0.25) is 11.8 Å². The number of carbonyl (C=O) groups is 3. The third-order valence-corrected chi connectivity index (χ3v) is 4.44. The molecule has 2 atom stereocenters. The molecule has 1 saturated heterocycles. The van der Waals surface area contributed by atoms with Gasteiger partial charge in [0.25, 0.3) is 0 Å². The molecule has 8 nitrogen and oxygen atoms in total. The van der Waals surface area contributed by atoms with E-state index in [1.54, 1.807) is 4.90 Å². The normalized spacial score (nSPS) is 18.9. The van der Waals surface area contributed by atoms with Crippen molar-refractivity contribution in [1.82, 2.24) is 15.1 Å². The predicted octanol–water partition coefficient (Wildman–Crippen LogP) is -1.90. The van der Waals surface area contributed by atoms with Crippen LogP contribution in [-0.2, 0) is 25.2 Å². The summed E-state index contributed by atoms with van der Waals surface area (Å²) in [6.07, 6.45) is 0. The molecule has 0 aromatic carbocycles. The Labute approximate surface area is 125 Å². The summed E-state index contributed by atoms with van der Waals surface area (Å²) in [7, 11) is 0.335. The van der Waals surface area contributed by atoms with Crippen molar-refractivity contribution in [3.63, 3.8) is 0 Å². The van der Waals surface area contributed by atoms with E-state index in [2.05, 4.69) is 10.2 Å². The number of hydrogen-bond donors (Lipinski definition) is 2. The lowest BCUT2D eigenvalue weighted by Gasteiger charge is -2.32. The van der Waals surface area contributed by atoms with E-state index >= 15 is 0 Å². The molecule has 1 aliphatic rings. The smallest absolute Gasteiger partial charge is 0.327 e. The molecule has 2 unspecified atom stereocenters. The van der Waals surface area contributed by atoms with Gasteiger partial charge in [0.15, 0.2) is 0 Å². The second-order valence-corrected chi connectivity index (χ2v) is 6.53. The van der Waals surface area contributed by atoms with Gasteiger partial charge < -0.3 is 20.2 Å². The molecule has 9 heteroatoms. The van der Waals surface area contributed by atoms with Gasteiger partial charge in [0.1, 0.15) is 11.8 Å². The van der Waals surface area contributed by atoms with Gasteiger partial charge >= 0.3 is 5.97 Å². The molecule has 1 heterocycles. The number of nitrogens with one attached hydrogen (secondary N) is 1. The van der Waals surface area contributed by atoms with Crippen molar-refractivity contribution < 1.29 is 23.7 Å². The molecule has 21 heavy (non-hydrogen) atoms. The number of rotatable bonds is 6. The number of aliphatic carboxylic acids is 1. The largest absolute Gasteiger partial charge is 0.480 e. The standard InChI is InChI=1S/C12H21N3O5S/c1-9(16)13-10(12(18)19)7-21(20)8-11(17)15-5-3-14(2)4-6-15/h10H,3-8H2,1-2H3,(H,13,16)(H,18,19). The highest BCUT2D eigenvalue weighted by Crippen LogP contribution is 2.01. The second-order valence-electron chi connectivity index (χ2n) is 5.03. The molecular formula is C12H21N3O5S. The Hall–Kier alpha value is -1.48. The molecule has 0 spiro atoms. The van der Waals surface area contributed by atoms with E-state index in [-0.39, 0.29) is 17.4 Å².